The van der Waals surface area contributed by atoms with E-state index in [1.54, 1.807) is 17.0 Å². The van der Waals surface area contributed by atoms with Gasteiger partial charge in [-0.15, -0.1) is 0 Å². The van der Waals surface area contributed by atoms with Gasteiger partial charge in [0.05, 0.1) is 0 Å². The maximum absolute atomic E-state index is 12.1. The third-order valence-corrected chi connectivity index (χ3v) is 3.78. The molecule has 1 fully saturated rings. The smallest absolute Gasteiger partial charge is 0.295 e. The van der Waals surface area contributed by atoms with Crippen LogP contribution in [-0.2, 0) is 4.79 Å². The molecule has 2 rings (SSSR count). The molecule has 18 heavy (non-hydrogen) atoms. The summed E-state index contributed by atoms with van der Waals surface area (Å²) in [5.74, 6) is -0.814. The van der Waals surface area contributed by atoms with Gasteiger partial charge in [0.15, 0.2) is 0 Å². The first-order valence-corrected chi connectivity index (χ1v) is 6.99. The summed E-state index contributed by atoms with van der Waals surface area (Å²) >= 11 is 2.17. The first kappa shape index (κ1) is 13.5. The molecule has 96 valence electrons. The number of Topliss-reactive ketones (excluding diaryl/α,β-unsaturated/α-hetero) is 1. The molecule has 1 N–H and O–H groups in total. The van der Waals surface area contributed by atoms with Gasteiger partial charge in [-0.3, -0.25) is 9.59 Å². The zero-order chi connectivity index (χ0) is 13.1. The molecule has 1 aliphatic heterocycles. The highest BCUT2D eigenvalue weighted by molar-refractivity contribution is 14.1. The highest BCUT2D eigenvalue weighted by Gasteiger charge is 2.28. The number of hydrogen-bond acceptors (Lipinski definition) is 3. The van der Waals surface area contributed by atoms with Crippen molar-refractivity contribution < 1.29 is 9.59 Å². The number of nitrogens with one attached hydrogen (secondary N) is 1. The number of hydrogen-bond donors (Lipinski definition) is 1. The van der Waals surface area contributed by atoms with E-state index >= 15 is 0 Å². The summed E-state index contributed by atoms with van der Waals surface area (Å²) in [6.45, 7) is 4.03. The SMILES string of the molecule is CC1CNCCN1C(=O)C(=O)c1ccc(I)cc1. The van der Waals surface area contributed by atoms with Crippen molar-refractivity contribution in [3.63, 3.8) is 0 Å². The Morgan fingerprint density at radius 3 is 2.61 bits per heavy atom. The van der Waals surface area contributed by atoms with Crippen molar-refractivity contribution >= 4 is 34.3 Å². The van der Waals surface area contributed by atoms with Gasteiger partial charge in [-0.2, -0.15) is 0 Å². The summed E-state index contributed by atoms with van der Waals surface area (Å²) < 4.78 is 1.05. The number of ketones is 1. The van der Waals surface area contributed by atoms with Gasteiger partial charge in [-0.05, 0) is 53.8 Å². The minimum absolute atomic E-state index is 0.0686. The van der Waals surface area contributed by atoms with Gasteiger partial charge in [0, 0.05) is 34.8 Å². The highest BCUT2D eigenvalue weighted by Crippen LogP contribution is 2.11. The van der Waals surface area contributed by atoms with Crippen molar-refractivity contribution in [3.05, 3.63) is 33.4 Å². The Morgan fingerprint density at radius 1 is 1.33 bits per heavy atom. The molecule has 0 saturated carbocycles. The molecule has 1 amide bonds. The third-order valence-electron chi connectivity index (χ3n) is 3.06. The molecule has 1 aromatic rings. The van der Waals surface area contributed by atoms with Crippen molar-refractivity contribution in [1.29, 1.82) is 0 Å². The standard InChI is InChI=1S/C13H15IN2O2/c1-9-8-15-6-7-16(9)13(18)12(17)10-2-4-11(14)5-3-10/h2-5,9,15H,6-8H2,1H3. The van der Waals surface area contributed by atoms with E-state index in [0.29, 0.717) is 12.1 Å². The van der Waals surface area contributed by atoms with E-state index < -0.39 is 11.7 Å². The first-order chi connectivity index (χ1) is 8.59. The quantitative estimate of drug-likeness (QED) is 0.493. The predicted octanol–water partition coefficient (Wildman–Crippen LogP) is 1.29. The van der Waals surface area contributed by atoms with E-state index in [2.05, 4.69) is 27.9 Å². The molecule has 4 nitrogen and oxygen atoms in total. The average molecular weight is 358 g/mol. The fourth-order valence-electron chi connectivity index (χ4n) is 2.00. The van der Waals surface area contributed by atoms with Crippen LogP contribution in [0.25, 0.3) is 0 Å². The normalized spacial score (nSPS) is 19.7. The van der Waals surface area contributed by atoms with Crippen LogP contribution < -0.4 is 5.32 Å². The molecular formula is C13H15IN2O2. The Balaban J connectivity index is 2.13. The van der Waals surface area contributed by atoms with E-state index in [0.717, 1.165) is 16.7 Å². The molecule has 1 unspecified atom stereocenters. The van der Waals surface area contributed by atoms with E-state index in [4.69, 9.17) is 0 Å². The number of rotatable bonds is 2. The number of halogens is 1. The van der Waals surface area contributed by atoms with Crippen molar-refractivity contribution in [2.75, 3.05) is 19.6 Å². The maximum atomic E-state index is 12.1. The van der Waals surface area contributed by atoms with Gasteiger partial charge < -0.3 is 10.2 Å². The summed E-state index contributed by atoms with van der Waals surface area (Å²) in [6.07, 6.45) is 0. The number of carbonyl (C=O) groups is 2. The van der Waals surface area contributed by atoms with Gasteiger partial charge in [0.2, 0.25) is 5.78 Å². The van der Waals surface area contributed by atoms with Gasteiger partial charge in [0.1, 0.15) is 0 Å². The summed E-state index contributed by atoms with van der Waals surface area (Å²) in [4.78, 5) is 25.9. The molecule has 1 atom stereocenters. The Bertz CT molecular complexity index is 459. The zero-order valence-electron chi connectivity index (χ0n) is 10.1. The summed E-state index contributed by atoms with van der Waals surface area (Å²) in [5.41, 5.74) is 0.464. The lowest BCUT2D eigenvalue weighted by Crippen LogP contribution is -2.54. The summed E-state index contributed by atoms with van der Waals surface area (Å²) in [7, 11) is 0. The summed E-state index contributed by atoms with van der Waals surface area (Å²) in [5, 5.41) is 3.20. The molecule has 1 aromatic carbocycles. The van der Waals surface area contributed by atoms with Crippen LogP contribution in [0.4, 0.5) is 0 Å². The number of piperazine rings is 1. The second-order valence-corrected chi connectivity index (χ2v) is 5.63. The molecule has 0 radical (unpaired) electrons. The van der Waals surface area contributed by atoms with Crippen LogP contribution in [0, 0.1) is 3.57 Å². The van der Waals surface area contributed by atoms with Crippen LogP contribution >= 0.6 is 22.6 Å². The van der Waals surface area contributed by atoms with Crippen molar-refractivity contribution in [3.8, 4) is 0 Å². The Morgan fingerprint density at radius 2 is 2.00 bits per heavy atom. The van der Waals surface area contributed by atoms with Crippen LogP contribution in [0.15, 0.2) is 24.3 Å². The van der Waals surface area contributed by atoms with Crippen molar-refractivity contribution in [2.24, 2.45) is 0 Å². The number of benzene rings is 1. The maximum Gasteiger partial charge on any atom is 0.295 e. The summed E-state index contributed by atoms with van der Waals surface area (Å²) in [6, 6.07) is 7.15. The van der Waals surface area contributed by atoms with E-state index in [1.807, 2.05) is 19.1 Å². The van der Waals surface area contributed by atoms with E-state index in [1.165, 1.54) is 0 Å². The Labute approximate surface area is 120 Å². The molecule has 1 saturated heterocycles. The molecule has 0 spiro atoms. The lowest BCUT2D eigenvalue weighted by Gasteiger charge is -2.33. The largest absolute Gasteiger partial charge is 0.331 e. The number of amides is 1. The average Bonchev–Trinajstić information content (AvgIpc) is 2.38. The van der Waals surface area contributed by atoms with E-state index in [9.17, 15) is 9.59 Å². The zero-order valence-corrected chi connectivity index (χ0v) is 12.3. The molecule has 0 aromatic heterocycles. The first-order valence-electron chi connectivity index (χ1n) is 5.91. The minimum Gasteiger partial charge on any atom is -0.331 e. The fourth-order valence-corrected chi connectivity index (χ4v) is 2.36. The number of nitrogens with zero attached hydrogens (tertiary/aromatic N) is 1. The lowest BCUT2D eigenvalue weighted by molar-refractivity contribution is -0.129. The second kappa shape index (κ2) is 5.79. The van der Waals surface area contributed by atoms with Crippen molar-refractivity contribution in [1.82, 2.24) is 10.2 Å². The second-order valence-electron chi connectivity index (χ2n) is 4.39. The van der Waals surface area contributed by atoms with Crippen molar-refractivity contribution in [2.45, 2.75) is 13.0 Å². The predicted molar refractivity (Wildman–Crippen MR) is 77.5 cm³/mol. The molecule has 1 aliphatic rings. The molecule has 5 heteroatoms. The molecule has 0 bridgehead atoms. The molecule has 0 aliphatic carbocycles. The van der Waals surface area contributed by atoms with Gasteiger partial charge in [0.25, 0.3) is 5.91 Å². The van der Waals surface area contributed by atoms with E-state index in [-0.39, 0.29) is 6.04 Å². The topological polar surface area (TPSA) is 49.4 Å². The Hall–Kier alpha value is -0.950. The van der Waals surface area contributed by atoms with Crippen LogP contribution in [0.3, 0.4) is 0 Å². The van der Waals surface area contributed by atoms with Gasteiger partial charge >= 0.3 is 0 Å². The molecular weight excluding hydrogens is 343 g/mol. The van der Waals surface area contributed by atoms with Gasteiger partial charge in [-0.1, -0.05) is 0 Å². The molecule has 1 heterocycles. The van der Waals surface area contributed by atoms with Crippen LogP contribution in [0.5, 0.6) is 0 Å². The van der Waals surface area contributed by atoms with Gasteiger partial charge in [-0.25, -0.2) is 0 Å². The fraction of sp³-hybridized carbons (Fsp3) is 0.385. The van der Waals surface area contributed by atoms with Crippen LogP contribution in [0.2, 0.25) is 0 Å². The lowest BCUT2D eigenvalue weighted by atomic mass is 10.1. The minimum atomic E-state index is -0.417. The van der Waals surface area contributed by atoms with Crippen LogP contribution in [0.1, 0.15) is 17.3 Å². The van der Waals surface area contributed by atoms with Crippen LogP contribution in [-0.4, -0.2) is 42.3 Å². The third kappa shape index (κ3) is 2.89. The number of carbonyl (C=O) groups excluding carboxylic acids is 2. The monoisotopic (exact) mass is 358 g/mol. The Kier molecular flexibility index (Phi) is 4.34. The highest BCUT2D eigenvalue weighted by atomic mass is 127.